The molecule has 1 aromatic heterocycles. The van der Waals surface area contributed by atoms with E-state index in [9.17, 15) is 25.2 Å². The van der Waals surface area contributed by atoms with Crippen LogP contribution >= 0.6 is 7.81 Å². The van der Waals surface area contributed by atoms with Crippen molar-refractivity contribution in [2.24, 2.45) is 0 Å². The van der Waals surface area contributed by atoms with Crippen LogP contribution in [0.4, 0.5) is 25.2 Å². The van der Waals surface area contributed by atoms with Gasteiger partial charge in [0.2, 0.25) is 6.33 Å². The molecule has 0 aliphatic heterocycles. The zero-order chi connectivity index (χ0) is 18.0. The fourth-order valence-corrected chi connectivity index (χ4v) is 1.90. The van der Waals surface area contributed by atoms with Gasteiger partial charge >= 0.3 is 33.0 Å². The number of allylic oxidation sites excluding steroid dienone is 1. The van der Waals surface area contributed by atoms with Gasteiger partial charge < -0.3 is 0 Å². The number of aromatic nitrogens is 2. The second kappa shape index (κ2) is 8.18. The van der Waals surface area contributed by atoms with Gasteiger partial charge in [-0.2, -0.15) is 0 Å². The molecule has 0 saturated heterocycles. The van der Waals surface area contributed by atoms with Crippen LogP contribution in [0.1, 0.15) is 45.4 Å². The summed E-state index contributed by atoms with van der Waals surface area (Å²) in [6.45, 7) is 8.06. The van der Waals surface area contributed by atoms with Crippen molar-refractivity contribution in [2.45, 2.75) is 58.5 Å². The molecule has 1 heterocycles. The maximum absolute atomic E-state index is 10.7. The molecule has 1 rings (SSSR count). The maximum atomic E-state index is 9.87. The first kappa shape index (κ1) is 22.0. The van der Waals surface area contributed by atoms with Crippen molar-refractivity contribution in [3.8, 4) is 0 Å². The average molecular weight is 366 g/mol. The monoisotopic (exact) mass is 366 g/mol. The Balaban J connectivity index is 0.000000585. The Hall–Kier alpha value is -1.04. The number of rotatable bonds is 9. The third-order valence-electron chi connectivity index (χ3n) is 2.86. The molecule has 1 aromatic rings. The van der Waals surface area contributed by atoms with Crippen LogP contribution in [0.15, 0.2) is 31.4 Å². The predicted octanol–water partition coefficient (Wildman–Crippen LogP) is 6.70. The first-order valence-corrected chi connectivity index (χ1v) is 9.56. The van der Waals surface area contributed by atoms with Crippen LogP contribution in [-0.4, -0.2) is 4.57 Å². The van der Waals surface area contributed by atoms with Crippen molar-refractivity contribution in [3.63, 3.8) is 0 Å². The second-order valence-corrected chi connectivity index (χ2v) is 7.28. The number of aryl methyl sites for hydroxylation is 1. The molecule has 0 aliphatic carbocycles. The van der Waals surface area contributed by atoms with Crippen LogP contribution < -0.4 is 4.57 Å². The van der Waals surface area contributed by atoms with E-state index in [0.717, 1.165) is 13.1 Å². The number of hydrogen-bond acceptors (Lipinski definition) is 0. The van der Waals surface area contributed by atoms with Crippen molar-refractivity contribution in [1.82, 2.24) is 4.57 Å². The van der Waals surface area contributed by atoms with Gasteiger partial charge in [0.1, 0.15) is 18.9 Å². The summed E-state index contributed by atoms with van der Waals surface area (Å²) in [4.78, 5) is 0. The van der Waals surface area contributed by atoms with Gasteiger partial charge in [0.15, 0.2) is 0 Å². The summed E-state index contributed by atoms with van der Waals surface area (Å²) in [5, 5.41) is 0. The molecule has 0 spiro atoms. The van der Waals surface area contributed by atoms with E-state index in [1.165, 1.54) is 38.5 Å². The molecule has 0 unspecified atom stereocenters. The van der Waals surface area contributed by atoms with E-state index in [1.54, 1.807) is 0 Å². The minimum atomic E-state index is -10.7. The Morgan fingerprint density at radius 3 is 2.04 bits per heavy atom. The van der Waals surface area contributed by atoms with E-state index in [1.807, 2.05) is 6.08 Å². The van der Waals surface area contributed by atoms with Crippen LogP contribution in [0, 0.1) is 0 Å². The Morgan fingerprint density at radius 1 is 1.00 bits per heavy atom. The zero-order valence-electron chi connectivity index (χ0n) is 13.3. The third kappa shape index (κ3) is 21.0. The second-order valence-electron chi connectivity index (χ2n) is 5.36. The first-order valence-electron chi connectivity index (χ1n) is 7.54. The van der Waals surface area contributed by atoms with Gasteiger partial charge in [-0.15, -0.1) is 0 Å². The summed E-state index contributed by atoms with van der Waals surface area (Å²) >= 11 is 0. The van der Waals surface area contributed by atoms with Crippen molar-refractivity contribution in [3.05, 3.63) is 31.4 Å². The number of imidazole rings is 1. The number of nitrogens with zero attached hydrogens (tertiary/aromatic N) is 2. The van der Waals surface area contributed by atoms with Crippen LogP contribution in [-0.2, 0) is 13.1 Å². The molecule has 0 aromatic carbocycles. The van der Waals surface area contributed by atoms with Gasteiger partial charge in [-0.05, 0) is 12.8 Å². The molecule has 0 fully saturated rings. The number of hydrogen-bond donors (Lipinski definition) is 0. The SMILES string of the molecule is C=CCn1cc[n+](CCCCCCCC)c1.F[P-](F)(F)(F)(F)F. The average Bonchev–Trinajstić information content (AvgIpc) is 2.78. The Bertz CT molecular complexity index is 455. The van der Waals surface area contributed by atoms with Gasteiger partial charge in [-0.3, -0.25) is 0 Å². The summed E-state index contributed by atoms with van der Waals surface area (Å²) in [6.07, 6.45) is 16.5. The van der Waals surface area contributed by atoms with E-state index < -0.39 is 7.81 Å². The predicted molar refractivity (Wildman–Crippen MR) is 81.8 cm³/mol. The van der Waals surface area contributed by atoms with Gasteiger partial charge in [-0.1, -0.05) is 45.3 Å². The molecule has 0 amide bonds. The summed E-state index contributed by atoms with van der Waals surface area (Å²) in [5.74, 6) is 0. The molecule has 0 saturated carbocycles. The minimum absolute atomic E-state index is 0.906. The van der Waals surface area contributed by atoms with Crippen molar-refractivity contribution in [2.75, 3.05) is 0 Å². The van der Waals surface area contributed by atoms with E-state index in [-0.39, 0.29) is 0 Å². The molecule has 0 aliphatic rings. The molecule has 0 radical (unpaired) electrons. The third-order valence-corrected chi connectivity index (χ3v) is 2.86. The first-order chi connectivity index (χ1) is 10.3. The van der Waals surface area contributed by atoms with Gasteiger partial charge in [-0.25, -0.2) is 9.13 Å². The van der Waals surface area contributed by atoms with Crippen molar-refractivity contribution < 1.29 is 29.7 Å². The van der Waals surface area contributed by atoms with E-state index in [4.69, 9.17) is 0 Å². The molecule has 0 atom stereocenters. The van der Waals surface area contributed by atoms with Crippen LogP contribution in [0.5, 0.6) is 0 Å². The molecule has 9 heteroatoms. The Morgan fingerprint density at radius 2 is 1.52 bits per heavy atom. The van der Waals surface area contributed by atoms with E-state index in [2.05, 4.69) is 41.4 Å². The molecular formula is C14H25F6N2P. The standard InChI is InChI=1S/C14H25N2.F6P/c1-3-5-6-7-8-9-11-16-13-12-15(14-16)10-4-2;1-7(2,3,4,5)6/h4,12-14H,2-3,5-11H2,1H3;/q+1;-1. The van der Waals surface area contributed by atoms with Gasteiger partial charge in [0.25, 0.3) is 0 Å². The molecule has 2 nitrogen and oxygen atoms in total. The van der Waals surface area contributed by atoms with E-state index >= 15 is 0 Å². The summed E-state index contributed by atoms with van der Waals surface area (Å²) < 4.78 is 63.6. The number of unbranched alkanes of at least 4 members (excludes halogenated alkanes) is 5. The molecular weight excluding hydrogens is 341 g/mol. The molecule has 0 N–H and O–H groups in total. The fraction of sp³-hybridized carbons (Fsp3) is 0.643. The van der Waals surface area contributed by atoms with Crippen LogP contribution in [0.3, 0.4) is 0 Å². The topological polar surface area (TPSA) is 8.81 Å². The molecule has 138 valence electrons. The molecule has 23 heavy (non-hydrogen) atoms. The zero-order valence-corrected chi connectivity index (χ0v) is 14.2. The van der Waals surface area contributed by atoms with E-state index in [0.29, 0.717) is 0 Å². The van der Waals surface area contributed by atoms with Crippen molar-refractivity contribution in [1.29, 1.82) is 0 Å². The quantitative estimate of drug-likeness (QED) is 0.151. The van der Waals surface area contributed by atoms with Gasteiger partial charge in [0.05, 0.1) is 6.54 Å². The summed E-state index contributed by atoms with van der Waals surface area (Å²) in [5.41, 5.74) is 0. The summed E-state index contributed by atoms with van der Waals surface area (Å²) in [7, 11) is -10.7. The molecule has 0 bridgehead atoms. The Labute approximate surface area is 133 Å². The summed E-state index contributed by atoms with van der Waals surface area (Å²) in [6, 6.07) is 0. The van der Waals surface area contributed by atoms with Crippen molar-refractivity contribution >= 4 is 7.81 Å². The normalized spacial score (nSPS) is 14.4. The Kier molecular flexibility index (Phi) is 7.81. The van der Waals surface area contributed by atoms with Gasteiger partial charge in [0, 0.05) is 0 Å². The fourth-order valence-electron chi connectivity index (χ4n) is 1.90. The van der Waals surface area contributed by atoms with Crippen LogP contribution in [0.25, 0.3) is 0 Å². The van der Waals surface area contributed by atoms with Crippen LogP contribution in [0.2, 0.25) is 0 Å². The number of halogens is 6.